The number of aliphatic hydroxyl groups excluding tert-OH is 1. The molecular formula is C11H15FO6. The van der Waals surface area contributed by atoms with Gasteiger partial charge in [-0.05, 0) is 12.1 Å². The SMILES string of the molecule is CC(=O)O.CC(=O)O.OC(O)c1ccc(F)cc1. The topological polar surface area (TPSA) is 115 Å². The second kappa shape index (κ2) is 10.2. The summed E-state index contributed by atoms with van der Waals surface area (Å²) >= 11 is 0. The van der Waals surface area contributed by atoms with Crippen molar-refractivity contribution in [3.8, 4) is 0 Å². The van der Waals surface area contributed by atoms with Crippen molar-refractivity contribution >= 4 is 11.9 Å². The first-order valence-electron chi connectivity index (χ1n) is 4.67. The van der Waals surface area contributed by atoms with E-state index in [-0.39, 0.29) is 5.82 Å². The van der Waals surface area contributed by atoms with Gasteiger partial charge in [-0.1, -0.05) is 12.1 Å². The highest BCUT2D eigenvalue weighted by Crippen LogP contribution is 2.09. The maximum absolute atomic E-state index is 12.2. The van der Waals surface area contributed by atoms with E-state index < -0.39 is 18.2 Å². The summed E-state index contributed by atoms with van der Waals surface area (Å²) in [6.45, 7) is 2.17. The average Bonchev–Trinajstić information content (AvgIpc) is 2.16. The van der Waals surface area contributed by atoms with Crippen molar-refractivity contribution in [3.05, 3.63) is 35.6 Å². The maximum Gasteiger partial charge on any atom is 0.300 e. The molecule has 4 N–H and O–H groups in total. The van der Waals surface area contributed by atoms with E-state index in [0.717, 1.165) is 13.8 Å². The molecule has 0 amide bonds. The number of hydrogen-bond donors (Lipinski definition) is 4. The van der Waals surface area contributed by atoms with Crippen molar-refractivity contribution in [1.82, 2.24) is 0 Å². The van der Waals surface area contributed by atoms with Crippen LogP contribution in [0.15, 0.2) is 24.3 Å². The smallest absolute Gasteiger partial charge is 0.300 e. The predicted octanol–water partition coefficient (Wildman–Crippen LogP) is 0.991. The van der Waals surface area contributed by atoms with Gasteiger partial charge in [-0.15, -0.1) is 0 Å². The molecule has 1 aromatic carbocycles. The highest BCUT2D eigenvalue weighted by atomic mass is 19.1. The largest absolute Gasteiger partial charge is 0.481 e. The van der Waals surface area contributed by atoms with Gasteiger partial charge in [0.05, 0.1) is 0 Å². The summed E-state index contributed by atoms with van der Waals surface area (Å²) in [7, 11) is 0. The fraction of sp³-hybridized carbons (Fsp3) is 0.273. The van der Waals surface area contributed by atoms with Crippen LogP contribution in [0.5, 0.6) is 0 Å². The molecule has 0 aromatic heterocycles. The van der Waals surface area contributed by atoms with Crippen molar-refractivity contribution in [1.29, 1.82) is 0 Å². The lowest BCUT2D eigenvalue weighted by Crippen LogP contribution is -1.93. The molecule has 102 valence electrons. The lowest BCUT2D eigenvalue weighted by molar-refractivity contribution is -0.135. The number of halogens is 1. The van der Waals surface area contributed by atoms with Crippen molar-refractivity contribution < 1.29 is 34.4 Å². The Hall–Kier alpha value is -1.99. The van der Waals surface area contributed by atoms with Crippen LogP contribution in [0.2, 0.25) is 0 Å². The number of aliphatic carboxylic acids is 2. The number of rotatable bonds is 1. The highest BCUT2D eigenvalue weighted by Gasteiger charge is 1.99. The van der Waals surface area contributed by atoms with Crippen LogP contribution in [-0.2, 0) is 9.59 Å². The van der Waals surface area contributed by atoms with Crippen LogP contribution in [0.3, 0.4) is 0 Å². The Labute approximate surface area is 103 Å². The van der Waals surface area contributed by atoms with Crippen LogP contribution in [0.4, 0.5) is 4.39 Å². The molecule has 0 heterocycles. The maximum atomic E-state index is 12.2. The van der Waals surface area contributed by atoms with Gasteiger partial charge in [0.2, 0.25) is 0 Å². The molecule has 0 bridgehead atoms. The van der Waals surface area contributed by atoms with Gasteiger partial charge in [-0.25, -0.2) is 4.39 Å². The summed E-state index contributed by atoms with van der Waals surface area (Å²) in [4.78, 5) is 18.0. The zero-order valence-corrected chi connectivity index (χ0v) is 9.87. The van der Waals surface area contributed by atoms with E-state index in [2.05, 4.69) is 0 Å². The third kappa shape index (κ3) is 16.4. The zero-order chi connectivity index (χ0) is 14.7. The van der Waals surface area contributed by atoms with Crippen LogP contribution in [0, 0.1) is 5.82 Å². The van der Waals surface area contributed by atoms with Gasteiger partial charge >= 0.3 is 0 Å². The minimum atomic E-state index is -1.51. The molecule has 0 unspecified atom stereocenters. The number of carbonyl (C=O) groups is 2. The van der Waals surface area contributed by atoms with E-state index in [9.17, 15) is 4.39 Å². The van der Waals surface area contributed by atoms with Gasteiger partial charge < -0.3 is 20.4 Å². The fourth-order valence-electron chi connectivity index (χ4n) is 0.635. The molecule has 0 aliphatic rings. The molecular weight excluding hydrogens is 247 g/mol. The molecule has 0 aliphatic heterocycles. The Morgan fingerprint density at radius 1 is 1.00 bits per heavy atom. The van der Waals surface area contributed by atoms with Crippen molar-refractivity contribution in [2.75, 3.05) is 0 Å². The molecule has 0 aliphatic carbocycles. The molecule has 0 fully saturated rings. The van der Waals surface area contributed by atoms with E-state index in [1.165, 1.54) is 24.3 Å². The molecule has 1 rings (SSSR count). The molecule has 1 aromatic rings. The minimum absolute atomic E-state index is 0.293. The molecule has 7 heteroatoms. The van der Waals surface area contributed by atoms with Gasteiger partial charge in [-0.2, -0.15) is 0 Å². The lowest BCUT2D eigenvalue weighted by Gasteiger charge is -2.00. The van der Waals surface area contributed by atoms with Crippen LogP contribution in [-0.4, -0.2) is 32.4 Å². The number of aliphatic hydroxyl groups is 2. The molecule has 0 saturated carbocycles. The summed E-state index contributed by atoms with van der Waals surface area (Å²) in [5.74, 6) is -2.05. The normalized spacial score (nSPS) is 8.56. The van der Waals surface area contributed by atoms with Crippen LogP contribution >= 0.6 is 0 Å². The second-order valence-electron chi connectivity index (χ2n) is 2.96. The summed E-state index contributed by atoms with van der Waals surface area (Å²) in [5, 5.41) is 31.9. The van der Waals surface area contributed by atoms with Crippen LogP contribution < -0.4 is 0 Å². The van der Waals surface area contributed by atoms with E-state index >= 15 is 0 Å². The van der Waals surface area contributed by atoms with Crippen LogP contribution in [0.1, 0.15) is 25.7 Å². The Morgan fingerprint density at radius 2 is 1.28 bits per heavy atom. The quantitative estimate of drug-likeness (QED) is 0.561. The first kappa shape index (κ1) is 18.4. The summed E-state index contributed by atoms with van der Waals surface area (Å²) < 4.78 is 12.2. The van der Waals surface area contributed by atoms with Gasteiger partial charge in [0, 0.05) is 19.4 Å². The minimum Gasteiger partial charge on any atom is -0.481 e. The predicted molar refractivity (Wildman–Crippen MR) is 60.2 cm³/mol. The number of carboxylic acids is 2. The molecule has 6 nitrogen and oxygen atoms in total. The van der Waals surface area contributed by atoms with Gasteiger partial charge in [0.1, 0.15) is 5.82 Å². The first-order valence-corrected chi connectivity index (χ1v) is 4.67. The molecule has 0 spiro atoms. The second-order valence-corrected chi connectivity index (χ2v) is 2.96. The third-order valence-corrected chi connectivity index (χ3v) is 1.17. The lowest BCUT2D eigenvalue weighted by atomic mass is 10.2. The van der Waals surface area contributed by atoms with E-state index in [1.54, 1.807) is 0 Å². The van der Waals surface area contributed by atoms with Gasteiger partial charge in [-0.3, -0.25) is 9.59 Å². The molecule has 0 radical (unpaired) electrons. The number of hydrogen-bond acceptors (Lipinski definition) is 4. The summed E-state index contributed by atoms with van der Waals surface area (Å²) in [5.41, 5.74) is 0.293. The van der Waals surface area contributed by atoms with E-state index in [4.69, 9.17) is 30.0 Å². The van der Waals surface area contributed by atoms with Crippen LogP contribution in [0.25, 0.3) is 0 Å². The van der Waals surface area contributed by atoms with E-state index in [1.807, 2.05) is 0 Å². The summed E-state index contributed by atoms with van der Waals surface area (Å²) in [6.07, 6.45) is -1.51. The number of benzene rings is 1. The molecule has 18 heavy (non-hydrogen) atoms. The number of carboxylic acid groups (broad SMARTS) is 2. The van der Waals surface area contributed by atoms with Gasteiger partial charge in [0.25, 0.3) is 11.9 Å². The first-order chi connectivity index (χ1) is 8.16. The van der Waals surface area contributed by atoms with Crippen molar-refractivity contribution in [2.45, 2.75) is 20.1 Å². The van der Waals surface area contributed by atoms with Gasteiger partial charge in [0.15, 0.2) is 6.29 Å². The highest BCUT2D eigenvalue weighted by molar-refractivity contribution is 5.63. The Balaban J connectivity index is 0. The molecule has 0 atom stereocenters. The monoisotopic (exact) mass is 262 g/mol. The molecule has 0 saturated heterocycles. The zero-order valence-electron chi connectivity index (χ0n) is 9.87. The Morgan fingerprint density at radius 3 is 1.50 bits per heavy atom. The fourth-order valence-corrected chi connectivity index (χ4v) is 0.635. The van der Waals surface area contributed by atoms with Crippen molar-refractivity contribution in [3.63, 3.8) is 0 Å². The third-order valence-electron chi connectivity index (χ3n) is 1.17. The Bertz CT molecular complexity index is 340. The Kier molecular flexibility index (Phi) is 10.4. The standard InChI is InChI=1S/C7H7FO2.2C2H4O2/c8-6-3-1-5(2-4-6)7(9)10;2*1-2(3)4/h1-4,7,9-10H;2*1H3,(H,3,4). The summed E-state index contributed by atoms with van der Waals surface area (Å²) in [6, 6.07) is 4.99. The van der Waals surface area contributed by atoms with E-state index in [0.29, 0.717) is 5.56 Å². The van der Waals surface area contributed by atoms with Crippen molar-refractivity contribution in [2.24, 2.45) is 0 Å². The average molecular weight is 262 g/mol.